The van der Waals surface area contributed by atoms with Crippen molar-refractivity contribution in [3.8, 4) is 5.75 Å². The summed E-state index contributed by atoms with van der Waals surface area (Å²) in [5, 5.41) is 4.86. The first kappa shape index (κ1) is 14.7. The van der Waals surface area contributed by atoms with Gasteiger partial charge in [0.1, 0.15) is 5.75 Å². The molecule has 0 aromatic heterocycles. The van der Waals surface area contributed by atoms with Crippen molar-refractivity contribution in [3.63, 3.8) is 0 Å². The van der Waals surface area contributed by atoms with E-state index in [2.05, 4.69) is 23.7 Å². The number of benzene rings is 1. The van der Waals surface area contributed by atoms with E-state index < -0.39 is 5.72 Å². The molecule has 0 amide bonds. The van der Waals surface area contributed by atoms with Crippen molar-refractivity contribution < 1.29 is 4.74 Å². The van der Waals surface area contributed by atoms with Crippen LogP contribution in [0.4, 0.5) is 0 Å². The summed E-state index contributed by atoms with van der Waals surface area (Å²) in [5.74, 6) is 0.917. The number of rotatable bonds is 2. The van der Waals surface area contributed by atoms with Crippen LogP contribution in [0.15, 0.2) is 24.3 Å². The highest BCUT2D eigenvalue weighted by Crippen LogP contribution is 2.46. The molecule has 2 unspecified atom stereocenters. The minimum atomic E-state index is -0.447. The zero-order valence-corrected chi connectivity index (χ0v) is 14.1. The maximum Gasteiger partial charge on any atom is 0.184 e. The average molecular weight is 323 g/mol. The summed E-state index contributed by atoms with van der Waals surface area (Å²) in [7, 11) is 0. The number of thiocarbonyl (C=S) groups is 1. The molecule has 2 atom stereocenters. The Morgan fingerprint density at radius 2 is 2.33 bits per heavy atom. The molecule has 1 fully saturated rings. The van der Waals surface area contributed by atoms with E-state index in [-0.39, 0.29) is 6.04 Å². The van der Waals surface area contributed by atoms with Crippen LogP contribution in [-0.4, -0.2) is 22.3 Å². The third-order valence-electron chi connectivity index (χ3n) is 4.09. The van der Waals surface area contributed by atoms with Crippen LogP contribution in [0.25, 0.3) is 0 Å². The van der Waals surface area contributed by atoms with Gasteiger partial charge < -0.3 is 15.0 Å². The van der Waals surface area contributed by atoms with Crippen molar-refractivity contribution in [2.75, 3.05) is 6.54 Å². The zero-order valence-electron chi connectivity index (χ0n) is 12.5. The van der Waals surface area contributed by atoms with Crippen molar-refractivity contribution >= 4 is 28.9 Å². The molecule has 0 radical (unpaired) electrons. The molecule has 1 saturated heterocycles. The topological polar surface area (TPSA) is 24.5 Å². The first-order chi connectivity index (χ1) is 9.80. The molecule has 0 saturated carbocycles. The maximum absolute atomic E-state index is 6.36. The van der Waals surface area contributed by atoms with Gasteiger partial charge >= 0.3 is 0 Å². The lowest BCUT2D eigenvalue weighted by Crippen LogP contribution is -2.64. The molecule has 0 aliphatic carbocycles. The minimum absolute atomic E-state index is 0.144. The lowest BCUT2D eigenvalue weighted by Gasteiger charge is -2.52. The second-order valence-electron chi connectivity index (χ2n) is 6.17. The van der Waals surface area contributed by atoms with Crippen LogP contribution < -0.4 is 10.1 Å². The molecule has 0 spiro atoms. The predicted octanol–water partition coefficient (Wildman–Crippen LogP) is 3.95. The van der Waals surface area contributed by atoms with Gasteiger partial charge in [0, 0.05) is 23.6 Å². The van der Waals surface area contributed by atoms with E-state index >= 15 is 0 Å². The Morgan fingerprint density at radius 1 is 1.62 bits per heavy atom. The van der Waals surface area contributed by atoms with Crippen LogP contribution in [0.1, 0.15) is 37.4 Å². The van der Waals surface area contributed by atoms with Crippen LogP contribution in [0.2, 0.25) is 5.02 Å². The highest BCUT2D eigenvalue weighted by atomic mass is 35.5. The molecule has 1 aromatic carbocycles. The first-order valence-corrected chi connectivity index (χ1v) is 7.80. The fraction of sp³-hybridized carbons (Fsp3) is 0.438. The van der Waals surface area contributed by atoms with Crippen molar-refractivity contribution in [2.24, 2.45) is 0 Å². The number of hydrogen-bond acceptors (Lipinski definition) is 2. The molecule has 2 heterocycles. The summed E-state index contributed by atoms with van der Waals surface area (Å²) < 4.78 is 6.36. The standard InChI is InChI=1S/C16H19ClN2OS/c1-9(2)8-19-15(21)18-13-7-16(19,4)20-14-10(3)5-11(17)6-12(13)14/h5-6,13H,1,7-8H2,2-4H3,(H,18,21). The van der Waals surface area contributed by atoms with E-state index in [1.54, 1.807) is 0 Å². The largest absolute Gasteiger partial charge is 0.467 e. The van der Waals surface area contributed by atoms with Gasteiger partial charge in [0.05, 0.1) is 6.04 Å². The van der Waals surface area contributed by atoms with Crippen molar-refractivity contribution in [1.82, 2.24) is 10.2 Å². The second-order valence-corrected chi connectivity index (χ2v) is 6.99. The summed E-state index contributed by atoms with van der Waals surface area (Å²) in [4.78, 5) is 2.08. The average Bonchev–Trinajstić information content (AvgIpc) is 2.36. The molecule has 2 aliphatic rings. The number of aryl methyl sites for hydroxylation is 1. The molecule has 1 N–H and O–H groups in total. The number of fused-ring (bicyclic) bond motifs is 4. The Morgan fingerprint density at radius 3 is 3.00 bits per heavy atom. The van der Waals surface area contributed by atoms with Gasteiger partial charge in [-0.25, -0.2) is 0 Å². The van der Waals surface area contributed by atoms with Gasteiger partial charge in [0.15, 0.2) is 10.8 Å². The van der Waals surface area contributed by atoms with E-state index in [0.717, 1.165) is 33.9 Å². The van der Waals surface area contributed by atoms with E-state index in [1.165, 1.54) is 0 Å². The van der Waals surface area contributed by atoms with Gasteiger partial charge in [-0.15, -0.1) is 0 Å². The van der Waals surface area contributed by atoms with E-state index in [9.17, 15) is 0 Å². The summed E-state index contributed by atoms with van der Waals surface area (Å²) in [6, 6.07) is 4.05. The van der Waals surface area contributed by atoms with Crippen LogP contribution in [0.3, 0.4) is 0 Å². The lowest BCUT2D eigenvalue weighted by atomic mass is 9.89. The molecular formula is C16H19ClN2OS. The Bertz CT molecular complexity index is 645. The smallest absolute Gasteiger partial charge is 0.184 e. The number of hydrogen-bond donors (Lipinski definition) is 1. The van der Waals surface area contributed by atoms with Crippen molar-refractivity contribution in [2.45, 2.75) is 39.0 Å². The maximum atomic E-state index is 6.36. The quantitative estimate of drug-likeness (QED) is 0.658. The summed E-state index contributed by atoms with van der Waals surface area (Å²) in [6.45, 7) is 10.8. The molecule has 2 aliphatic heterocycles. The van der Waals surface area contributed by atoms with Gasteiger partial charge in [-0.3, -0.25) is 0 Å². The fourth-order valence-corrected chi connectivity index (χ4v) is 3.83. The van der Waals surface area contributed by atoms with E-state index in [1.807, 2.05) is 26.0 Å². The summed E-state index contributed by atoms with van der Waals surface area (Å²) in [5.41, 5.74) is 2.76. The van der Waals surface area contributed by atoms with Crippen LogP contribution in [0, 0.1) is 6.92 Å². The number of ether oxygens (including phenoxy) is 1. The second kappa shape index (κ2) is 4.89. The normalized spacial score (nSPS) is 26.8. The van der Waals surface area contributed by atoms with Gasteiger partial charge in [-0.05, 0) is 50.7 Å². The molecule has 3 nitrogen and oxygen atoms in total. The van der Waals surface area contributed by atoms with Crippen LogP contribution in [0.5, 0.6) is 5.75 Å². The summed E-state index contributed by atoms with van der Waals surface area (Å²) >= 11 is 11.7. The van der Waals surface area contributed by atoms with E-state index in [0.29, 0.717) is 11.7 Å². The highest BCUT2D eigenvalue weighted by Gasteiger charge is 2.47. The fourth-order valence-electron chi connectivity index (χ4n) is 3.15. The SMILES string of the molecule is C=C(C)CN1C(=S)NC2CC1(C)Oc1c(C)cc(Cl)cc12. The summed E-state index contributed by atoms with van der Waals surface area (Å²) in [6.07, 6.45) is 0.827. The molecule has 3 rings (SSSR count). The molecule has 1 aromatic rings. The molecule has 112 valence electrons. The number of nitrogens with one attached hydrogen (secondary N) is 1. The van der Waals surface area contributed by atoms with Crippen molar-refractivity contribution in [1.29, 1.82) is 0 Å². The molecule has 2 bridgehead atoms. The monoisotopic (exact) mass is 322 g/mol. The number of halogens is 1. The van der Waals surface area contributed by atoms with Gasteiger partial charge in [0.25, 0.3) is 0 Å². The molecular weight excluding hydrogens is 304 g/mol. The van der Waals surface area contributed by atoms with E-state index in [4.69, 9.17) is 28.6 Å². The number of nitrogens with zero attached hydrogens (tertiary/aromatic N) is 1. The predicted molar refractivity (Wildman–Crippen MR) is 89.8 cm³/mol. The van der Waals surface area contributed by atoms with Gasteiger partial charge in [-0.2, -0.15) is 0 Å². The van der Waals surface area contributed by atoms with Crippen LogP contribution >= 0.6 is 23.8 Å². The van der Waals surface area contributed by atoms with Crippen LogP contribution in [-0.2, 0) is 0 Å². The lowest BCUT2D eigenvalue weighted by molar-refractivity contribution is -0.0646. The first-order valence-electron chi connectivity index (χ1n) is 7.02. The Balaban J connectivity index is 2.07. The highest BCUT2D eigenvalue weighted by molar-refractivity contribution is 7.80. The van der Waals surface area contributed by atoms with Gasteiger partial charge in [0.2, 0.25) is 0 Å². The Hall–Kier alpha value is -1.26. The molecule has 5 heteroatoms. The zero-order chi connectivity index (χ0) is 15.4. The third-order valence-corrected chi connectivity index (χ3v) is 4.65. The molecule has 21 heavy (non-hydrogen) atoms. The van der Waals surface area contributed by atoms with Gasteiger partial charge in [-0.1, -0.05) is 23.8 Å². The van der Waals surface area contributed by atoms with Crippen molar-refractivity contribution in [3.05, 3.63) is 40.4 Å². The Labute approximate surface area is 135 Å². The Kier molecular flexibility index (Phi) is 3.41. The minimum Gasteiger partial charge on any atom is -0.467 e. The third kappa shape index (κ3) is 2.40.